The van der Waals surface area contributed by atoms with Crippen LogP contribution in [-0.2, 0) is 5.54 Å². The number of rotatable bonds is 6. The van der Waals surface area contributed by atoms with E-state index in [1.807, 2.05) is 16.8 Å². The molecule has 2 amide bonds. The maximum absolute atomic E-state index is 14.0. The first-order chi connectivity index (χ1) is 18.4. The molecule has 9 heteroatoms. The van der Waals surface area contributed by atoms with E-state index in [0.29, 0.717) is 13.1 Å². The number of carbonyl (C=O) groups excluding carboxylic acids is 1. The number of likely N-dealkylation sites (N-methyl/N-ethyl adjacent to an activating group) is 1. The number of benzene rings is 1. The number of amides is 2. The summed E-state index contributed by atoms with van der Waals surface area (Å²) in [5.41, 5.74) is 0.861. The second kappa shape index (κ2) is 9.77. The van der Waals surface area contributed by atoms with Crippen molar-refractivity contribution in [3.63, 3.8) is 0 Å². The number of carbonyl (C=O) groups is 1. The van der Waals surface area contributed by atoms with Crippen molar-refractivity contribution in [1.29, 1.82) is 0 Å². The predicted molar refractivity (Wildman–Crippen MR) is 148 cm³/mol. The smallest absolute Gasteiger partial charge is 0.325 e. The predicted octanol–water partition coefficient (Wildman–Crippen LogP) is 2.81. The molecule has 0 unspecified atom stereocenters. The van der Waals surface area contributed by atoms with Gasteiger partial charge in [0.25, 0.3) is 0 Å². The highest BCUT2D eigenvalue weighted by atomic mass is 16.3. The van der Waals surface area contributed by atoms with Crippen molar-refractivity contribution >= 4 is 17.7 Å². The summed E-state index contributed by atoms with van der Waals surface area (Å²) < 4.78 is 0. The molecule has 2 aliphatic heterocycles. The van der Waals surface area contributed by atoms with Gasteiger partial charge >= 0.3 is 6.03 Å². The zero-order chi connectivity index (χ0) is 26.4. The van der Waals surface area contributed by atoms with Gasteiger partial charge in [0.05, 0.1) is 42.3 Å². The van der Waals surface area contributed by atoms with Crippen LogP contribution in [0.1, 0.15) is 50.5 Å². The van der Waals surface area contributed by atoms with Crippen molar-refractivity contribution in [2.24, 2.45) is 0 Å². The number of hydrogen-bond acceptors (Lipinski definition) is 7. The van der Waals surface area contributed by atoms with Crippen molar-refractivity contribution in [2.75, 3.05) is 63.2 Å². The summed E-state index contributed by atoms with van der Waals surface area (Å²) in [4.78, 5) is 31.7. The van der Waals surface area contributed by atoms with Crippen molar-refractivity contribution in [1.82, 2.24) is 25.1 Å². The Bertz CT molecular complexity index is 1120. The molecule has 1 aromatic carbocycles. The fourth-order valence-electron chi connectivity index (χ4n) is 6.90. The summed E-state index contributed by atoms with van der Waals surface area (Å²) in [5, 5.41) is 14.8. The first-order valence-corrected chi connectivity index (χ1v) is 14.2. The van der Waals surface area contributed by atoms with Gasteiger partial charge in [-0.05, 0) is 64.6 Å². The Morgan fingerprint density at radius 2 is 1.61 bits per heavy atom. The topological polar surface area (TPSA) is 88.1 Å². The standard InChI is InChI=1S/C29H41N7O2/c1-30-29(23-7-4-3-5-8-23)13-11-27(12-14-29)21-35(26(37)36(27)22-28(38)9-6-10-28)24-19-31-25(32-20-24)34-17-15-33(2)16-18-34/h3-5,7-8,19-20,30,38H,6,9-18,21-22H2,1-2H3/t27-,29-. The average molecular weight is 520 g/mol. The Balaban J connectivity index is 1.24. The number of piperazine rings is 1. The van der Waals surface area contributed by atoms with Crippen LogP contribution in [0.25, 0.3) is 0 Å². The minimum absolute atomic E-state index is 0.0297. The van der Waals surface area contributed by atoms with E-state index in [0.717, 1.165) is 82.8 Å². The summed E-state index contributed by atoms with van der Waals surface area (Å²) in [7, 11) is 4.18. The van der Waals surface area contributed by atoms with Gasteiger partial charge in [0, 0.05) is 31.7 Å². The number of hydrogen-bond donors (Lipinski definition) is 2. The van der Waals surface area contributed by atoms with Crippen LogP contribution in [0.5, 0.6) is 0 Å². The van der Waals surface area contributed by atoms with E-state index in [1.54, 1.807) is 12.4 Å². The van der Waals surface area contributed by atoms with Crippen LogP contribution < -0.4 is 15.1 Å². The molecule has 1 spiro atoms. The fraction of sp³-hybridized carbons (Fsp3) is 0.621. The molecule has 6 rings (SSSR count). The molecule has 204 valence electrons. The second-order valence-corrected chi connectivity index (χ2v) is 12.0. The Kier molecular flexibility index (Phi) is 6.56. The Labute approximate surface area is 225 Å². The lowest BCUT2D eigenvalue weighted by Gasteiger charge is -2.50. The molecular weight excluding hydrogens is 478 g/mol. The van der Waals surface area contributed by atoms with Gasteiger partial charge in [-0.15, -0.1) is 0 Å². The molecule has 2 saturated heterocycles. The van der Waals surface area contributed by atoms with E-state index in [4.69, 9.17) is 0 Å². The molecule has 0 bridgehead atoms. The molecule has 1 aromatic heterocycles. The van der Waals surface area contributed by atoms with Gasteiger partial charge in [0.1, 0.15) is 0 Å². The van der Waals surface area contributed by atoms with Crippen molar-refractivity contribution in [2.45, 2.75) is 61.6 Å². The number of nitrogens with one attached hydrogen (secondary N) is 1. The fourth-order valence-corrected chi connectivity index (χ4v) is 6.90. The maximum atomic E-state index is 14.0. The van der Waals surface area contributed by atoms with E-state index in [2.05, 4.69) is 62.5 Å². The van der Waals surface area contributed by atoms with E-state index in [-0.39, 0.29) is 17.1 Å². The molecule has 4 fully saturated rings. The normalized spacial score (nSPS) is 29.7. The van der Waals surface area contributed by atoms with E-state index < -0.39 is 5.60 Å². The Morgan fingerprint density at radius 3 is 2.18 bits per heavy atom. The van der Waals surface area contributed by atoms with Crippen LogP contribution in [0.3, 0.4) is 0 Å². The zero-order valence-electron chi connectivity index (χ0n) is 22.8. The molecule has 2 N–H and O–H groups in total. The Hall–Kier alpha value is -2.75. The van der Waals surface area contributed by atoms with E-state index in [9.17, 15) is 9.90 Å². The number of urea groups is 1. The summed E-state index contributed by atoms with van der Waals surface area (Å²) in [6.07, 6.45) is 9.78. The number of anilines is 2. The van der Waals surface area contributed by atoms with Gasteiger partial charge in [-0.3, -0.25) is 4.90 Å². The minimum atomic E-state index is -0.766. The van der Waals surface area contributed by atoms with Gasteiger partial charge in [-0.25, -0.2) is 14.8 Å². The zero-order valence-corrected chi connectivity index (χ0v) is 22.8. The first-order valence-electron chi connectivity index (χ1n) is 14.2. The average Bonchev–Trinajstić information content (AvgIpc) is 3.20. The molecule has 2 aliphatic carbocycles. The van der Waals surface area contributed by atoms with E-state index >= 15 is 0 Å². The largest absolute Gasteiger partial charge is 0.388 e. The monoisotopic (exact) mass is 519 g/mol. The molecule has 0 atom stereocenters. The van der Waals surface area contributed by atoms with Gasteiger partial charge in [-0.1, -0.05) is 30.3 Å². The van der Waals surface area contributed by atoms with Crippen LogP contribution in [-0.4, -0.2) is 95.4 Å². The van der Waals surface area contributed by atoms with E-state index in [1.165, 1.54) is 5.56 Å². The summed E-state index contributed by atoms with van der Waals surface area (Å²) in [5.74, 6) is 0.725. The molecule has 2 aromatic rings. The van der Waals surface area contributed by atoms with Crippen LogP contribution in [0.15, 0.2) is 42.7 Å². The third kappa shape index (κ3) is 4.44. The molecule has 38 heavy (non-hydrogen) atoms. The van der Waals surface area contributed by atoms with Gasteiger partial charge < -0.3 is 25.1 Å². The van der Waals surface area contributed by atoms with Crippen LogP contribution in [0, 0.1) is 0 Å². The lowest BCUT2D eigenvalue weighted by atomic mass is 9.68. The van der Waals surface area contributed by atoms with Crippen molar-refractivity contribution < 1.29 is 9.90 Å². The molecule has 4 aliphatic rings. The van der Waals surface area contributed by atoms with Gasteiger partial charge in [0.15, 0.2) is 0 Å². The summed E-state index contributed by atoms with van der Waals surface area (Å²) >= 11 is 0. The lowest BCUT2D eigenvalue weighted by molar-refractivity contribution is -0.0690. The molecular formula is C29H41N7O2. The highest BCUT2D eigenvalue weighted by Gasteiger charge is 2.56. The second-order valence-electron chi connectivity index (χ2n) is 12.0. The number of aliphatic hydroxyl groups is 1. The molecule has 9 nitrogen and oxygen atoms in total. The van der Waals surface area contributed by atoms with Crippen molar-refractivity contribution in [3.05, 3.63) is 48.3 Å². The lowest BCUT2D eigenvalue weighted by Crippen LogP contribution is -2.59. The van der Waals surface area contributed by atoms with Crippen LogP contribution >= 0.6 is 0 Å². The first kappa shape index (κ1) is 25.5. The van der Waals surface area contributed by atoms with Gasteiger partial charge in [0.2, 0.25) is 5.95 Å². The van der Waals surface area contributed by atoms with Crippen LogP contribution in [0.4, 0.5) is 16.4 Å². The quantitative estimate of drug-likeness (QED) is 0.607. The molecule has 0 radical (unpaired) electrons. The minimum Gasteiger partial charge on any atom is -0.388 e. The summed E-state index contributed by atoms with van der Waals surface area (Å²) in [6, 6.07) is 10.6. The molecule has 3 heterocycles. The number of nitrogens with zero attached hydrogens (tertiary/aromatic N) is 6. The van der Waals surface area contributed by atoms with Crippen molar-refractivity contribution in [3.8, 4) is 0 Å². The third-order valence-corrected chi connectivity index (χ3v) is 9.79. The number of β-amino-alcohol motifs (C(OH)–C–C–N with tert-alkyl or cyclic N) is 1. The maximum Gasteiger partial charge on any atom is 0.325 e. The number of aromatic nitrogens is 2. The summed E-state index contributed by atoms with van der Waals surface area (Å²) in [6.45, 7) is 4.81. The highest BCUT2D eigenvalue weighted by molar-refractivity contribution is 5.95. The third-order valence-electron chi connectivity index (χ3n) is 9.79. The Morgan fingerprint density at radius 1 is 0.947 bits per heavy atom. The SMILES string of the molecule is CN[C@]1(c2ccccc2)CC[C@@]2(CC1)CN(c1cnc(N3CCN(C)CC3)nc1)C(=O)N2CC1(O)CCC1. The van der Waals surface area contributed by atoms with Gasteiger partial charge in [-0.2, -0.15) is 0 Å². The van der Waals surface area contributed by atoms with Crippen LogP contribution in [0.2, 0.25) is 0 Å². The molecule has 2 saturated carbocycles. The highest BCUT2D eigenvalue weighted by Crippen LogP contribution is 2.48.